The molecular formula is C7H13HgO5+. The minimum atomic E-state index is -1.00. The molecule has 0 aliphatic carbocycles. The molecule has 0 aromatic heterocycles. The van der Waals surface area contributed by atoms with Gasteiger partial charge in [0.05, 0.1) is 0 Å². The fourth-order valence-corrected chi connectivity index (χ4v) is 3.63. The molecule has 1 fully saturated rings. The number of aliphatic hydroxyl groups is 3. The number of methoxy groups -OCH3 is 1. The SMILES string of the molecule is COC1OC(CO)C(O)C(O)[CH]1[Hg+]. The van der Waals surface area contributed by atoms with Crippen molar-refractivity contribution < 1.29 is 50.9 Å². The molecule has 3 N–H and O–H groups in total. The van der Waals surface area contributed by atoms with Crippen LogP contribution < -0.4 is 0 Å². The van der Waals surface area contributed by atoms with E-state index in [1.54, 1.807) is 0 Å². The molecule has 1 saturated heterocycles. The first-order chi connectivity index (χ1) is 6.11. The summed E-state index contributed by atoms with van der Waals surface area (Å²) in [5, 5.41) is 27.9. The summed E-state index contributed by atoms with van der Waals surface area (Å²) in [5.74, 6) is 0. The maximum absolute atomic E-state index is 9.58. The fraction of sp³-hybridized carbons (Fsp3) is 1.00. The molecule has 0 saturated carbocycles. The standard InChI is InChI=1S/C7H13O5.Hg/c1-11-6-2-4(9)7(10)5(3-8)12-6;/h2,4-10H,3H2,1H3;/q;+1. The number of ether oxygens (including phenoxy) is 2. The first kappa shape index (κ1) is 11.8. The van der Waals surface area contributed by atoms with Crippen LogP contribution in [0.15, 0.2) is 0 Å². The van der Waals surface area contributed by atoms with Crippen LogP contribution in [0.4, 0.5) is 0 Å². The van der Waals surface area contributed by atoms with Crippen LogP contribution in [0, 0.1) is 0 Å². The van der Waals surface area contributed by atoms with E-state index in [1.165, 1.54) is 7.11 Å². The number of aliphatic hydroxyl groups excluding tert-OH is 3. The first-order valence-electron chi connectivity index (χ1n) is 4.10. The molecule has 5 unspecified atom stereocenters. The summed E-state index contributed by atoms with van der Waals surface area (Å²) >= 11 is 0.248. The molecule has 0 bridgehead atoms. The molecule has 0 spiro atoms. The van der Waals surface area contributed by atoms with Crippen molar-refractivity contribution >= 4 is 0 Å². The Hall–Kier alpha value is 0.735. The van der Waals surface area contributed by atoms with Gasteiger partial charge in [-0.15, -0.1) is 0 Å². The zero-order valence-corrected chi connectivity index (χ0v) is 13.0. The number of rotatable bonds is 2. The van der Waals surface area contributed by atoms with Gasteiger partial charge in [-0.05, 0) is 0 Å². The van der Waals surface area contributed by atoms with Crippen LogP contribution in [0.2, 0.25) is 3.43 Å². The molecule has 72 valence electrons. The Morgan fingerprint density at radius 1 is 1.38 bits per heavy atom. The fourth-order valence-electron chi connectivity index (χ4n) is 1.37. The van der Waals surface area contributed by atoms with Gasteiger partial charge in [0, 0.05) is 0 Å². The summed E-state index contributed by atoms with van der Waals surface area (Å²) < 4.78 is 10.1. The van der Waals surface area contributed by atoms with Gasteiger partial charge in [-0.25, -0.2) is 0 Å². The Kier molecular flexibility index (Phi) is 4.54. The minimum absolute atomic E-state index is 0.109. The van der Waals surface area contributed by atoms with Crippen LogP contribution in [-0.2, 0) is 35.6 Å². The van der Waals surface area contributed by atoms with Crippen LogP contribution in [0.1, 0.15) is 0 Å². The molecule has 0 aromatic rings. The Morgan fingerprint density at radius 3 is 2.46 bits per heavy atom. The van der Waals surface area contributed by atoms with E-state index < -0.39 is 24.6 Å². The van der Waals surface area contributed by atoms with Crippen molar-refractivity contribution in [2.45, 2.75) is 28.0 Å². The predicted octanol–water partition coefficient (Wildman–Crippen LogP) is -1.59. The molecule has 0 amide bonds. The second-order valence-electron chi connectivity index (χ2n) is 3.11. The second kappa shape index (κ2) is 5.00. The summed E-state index contributed by atoms with van der Waals surface area (Å²) in [6.07, 6.45) is -3.06. The van der Waals surface area contributed by atoms with E-state index in [4.69, 9.17) is 14.6 Å². The quantitative estimate of drug-likeness (QED) is 0.506. The normalized spacial score (nSPS) is 46.5. The molecule has 1 aliphatic heterocycles. The Balaban J connectivity index is 2.66. The van der Waals surface area contributed by atoms with Crippen molar-refractivity contribution in [3.63, 3.8) is 0 Å². The van der Waals surface area contributed by atoms with Crippen LogP contribution in [0.3, 0.4) is 0 Å². The average molecular weight is 378 g/mol. The van der Waals surface area contributed by atoms with Crippen LogP contribution >= 0.6 is 0 Å². The van der Waals surface area contributed by atoms with Crippen molar-refractivity contribution in [1.82, 2.24) is 0 Å². The van der Waals surface area contributed by atoms with Gasteiger partial charge < -0.3 is 0 Å². The third-order valence-corrected chi connectivity index (χ3v) is 5.61. The summed E-state index contributed by atoms with van der Waals surface area (Å²) in [6, 6.07) is 0. The second-order valence-corrected chi connectivity index (χ2v) is 6.77. The number of hydrogen-bond donors (Lipinski definition) is 3. The van der Waals surface area contributed by atoms with Gasteiger partial charge in [-0.3, -0.25) is 0 Å². The van der Waals surface area contributed by atoms with Crippen LogP contribution in [0.25, 0.3) is 0 Å². The third kappa shape index (κ3) is 2.40. The summed E-state index contributed by atoms with van der Waals surface area (Å²) in [7, 11) is 1.49. The summed E-state index contributed by atoms with van der Waals surface area (Å²) in [6.45, 7) is -0.307. The zero-order chi connectivity index (χ0) is 10.0. The van der Waals surface area contributed by atoms with E-state index in [1.807, 2.05) is 0 Å². The molecular weight excluding hydrogens is 365 g/mol. The van der Waals surface area contributed by atoms with E-state index >= 15 is 0 Å². The van der Waals surface area contributed by atoms with E-state index in [0.717, 1.165) is 0 Å². The zero-order valence-electron chi connectivity index (χ0n) is 7.46. The maximum atomic E-state index is 9.58. The van der Waals surface area contributed by atoms with Gasteiger partial charge in [0.15, 0.2) is 0 Å². The molecule has 6 heteroatoms. The van der Waals surface area contributed by atoms with E-state index in [0.29, 0.717) is 0 Å². The summed E-state index contributed by atoms with van der Waals surface area (Å²) in [5.41, 5.74) is 0. The third-order valence-electron chi connectivity index (χ3n) is 2.24. The van der Waals surface area contributed by atoms with Crippen molar-refractivity contribution in [3.8, 4) is 0 Å². The Labute approximate surface area is 92.6 Å². The predicted molar refractivity (Wildman–Crippen MR) is 38.5 cm³/mol. The van der Waals surface area contributed by atoms with Crippen molar-refractivity contribution in [3.05, 3.63) is 0 Å². The molecule has 13 heavy (non-hydrogen) atoms. The molecule has 0 radical (unpaired) electrons. The van der Waals surface area contributed by atoms with Gasteiger partial charge in [-0.1, -0.05) is 0 Å². The molecule has 5 nitrogen and oxygen atoms in total. The monoisotopic (exact) mass is 379 g/mol. The summed E-state index contributed by atoms with van der Waals surface area (Å²) in [4.78, 5) is 0. The Bertz CT molecular complexity index is 147. The van der Waals surface area contributed by atoms with Gasteiger partial charge in [0.1, 0.15) is 0 Å². The van der Waals surface area contributed by atoms with Crippen LogP contribution in [0.5, 0.6) is 0 Å². The van der Waals surface area contributed by atoms with Gasteiger partial charge >= 0.3 is 92.7 Å². The first-order valence-corrected chi connectivity index (χ1v) is 7.27. The van der Waals surface area contributed by atoms with E-state index in [-0.39, 0.29) is 36.2 Å². The molecule has 0 aromatic carbocycles. The van der Waals surface area contributed by atoms with Gasteiger partial charge in [0.2, 0.25) is 0 Å². The topological polar surface area (TPSA) is 79.2 Å². The van der Waals surface area contributed by atoms with Gasteiger partial charge in [-0.2, -0.15) is 0 Å². The van der Waals surface area contributed by atoms with Crippen molar-refractivity contribution in [2.75, 3.05) is 13.7 Å². The van der Waals surface area contributed by atoms with Crippen molar-refractivity contribution in [1.29, 1.82) is 0 Å². The van der Waals surface area contributed by atoms with Gasteiger partial charge in [0.25, 0.3) is 0 Å². The Morgan fingerprint density at radius 2 is 2.00 bits per heavy atom. The van der Waals surface area contributed by atoms with Crippen LogP contribution in [-0.4, -0.2) is 53.6 Å². The molecule has 1 heterocycles. The average Bonchev–Trinajstić information content (AvgIpc) is 2.15. The van der Waals surface area contributed by atoms with E-state index in [2.05, 4.69) is 0 Å². The molecule has 1 aliphatic rings. The van der Waals surface area contributed by atoms with Crippen molar-refractivity contribution in [2.24, 2.45) is 0 Å². The van der Waals surface area contributed by atoms with E-state index in [9.17, 15) is 10.2 Å². The number of hydrogen-bond acceptors (Lipinski definition) is 5. The molecule has 5 atom stereocenters. The molecule has 1 rings (SSSR count).